The van der Waals surface area contributed by atoms with Crippen LogP contribution >= 0.6 is 0 Å². The monoisotopic (exact) mass is 476 g/mol. The first-order valence-electron chi connectivity index (χ1n) is 13.8. The zero-order valence-electron chi connectivity index (χ0n) is 21.7. The molecule has 188 valence electrons. The molecular formula is C33H42F2. The Balaban J connectivity index is 1.81. The van der Waals surface area contributed by atoms with Crippen molar-refractivity contribution >= 4 is 0 Å². The minimum absolute atomic E-state index is 0.386. The lowest BCUT2D eigenvalue weighted by atomic mass is 9.91. The molecule has 0 aliphatic carbocycles. The van der Waals surface area contributed by atoms with Gasteiger partial charge in [-0.05, 0) is 59.6 Å². The van der Waals surface area contributed by atoms with Crippen LogP contribution in [-0.4, -0.2) is 0 Å². The van der Waals surface area contributed by atoms with Crippen molar-refractivity contribution < 1.29 is 8.78 Å². The Morgan fingerprint density at radius 1 is 0.514 bits per heavy atom. The molecule has 0 saturated carbocycles. The topological polar surface area (TPSA) is 0 Å². The Labute approximate surface area is 211 Å². The third-order valence-electron chi connectivity index (χ3n) is 7.03. The smallest absolute Gasteiger partial charge is 0.166 e. The molecule has 0 N–H and O–H groups in total. The van der Waals surface area contributed by atoms with Crippen molar-refractivity contribution in [3.63, 3.8) is 0 Å². The maximum Gasteiger partial charge on any atom is 0.166 e. The summed E-state index contributed by atoms with van der Waals surface area (Å²) in [5, 5.41) is 0. The van der Waals surface area contributed by atoms with Gasteiger partial charge in [0.2, 0.25) is 0 Å². The molecule has 3 aromatic carbocycles. The van der Waals surface area contributed by atoms with E-state index < -0.39 is 11.6 Å². The molecule has 2 heteroatoms. The molecule has 0 nitrogen and oxygen atoms in total. The van der Waals surface area contributed by atoms with Gasteiger partial charge >= 0.3 is 0 Å². The number of halogens is 2. The number of hydrogen-bond acceptors (Lipinski definition) is 0. The van der Waals surface area contributed by atoms with Gasteiger partial charge in [0.15, 0.2) is 11.6 Å². The van der Waals surface area contributed by atoms with Gasteiger partial charge in [0.25, 0.3) is 0 Å². The zero-order valence-corrected chi connectivity index (χ0v) is 21.7. The van der Waals surface area contributed by atoms with E-state index in [2.05, 4.69) is 26.0 Å². The fourth-order valence-corrected chi connectivity index (χ4v) is 4.89. The highest BCUT2D eigenvalue weighted by atomic mass is 19.2. The second-order valence-electron chi connectivity index (χ2n) is 9.82. The first-order chi connectivity index (χ1) is 17.2. The summed E-state index contributed by atoms with van der Waals surface area (Å²) in [6.07, 6.45) is 14.2. The van der Waals surface area contributed by atoms with E-state index in [9.17, 15) is 0 Å². The molecule has 3 aromatic rings. The molecule has 0 saturated heterocycles. The van der Waals surface area contributed by atoms with Gasteiger partial charge in [0.05, 0.1) is 0 Å². The summed E-state index contributed by atoms with van der Waals surface area (Å²) in [7, 11) is 0. The number of rotatable bonds is 15. The standard InChI is InChI=1S/C33H42F2/c1-3-5-7-9-11-16-20-30-29(19-13-10-8-6-4-2)25-31(33(35)32(30)34)28-23-21-27(22-24-28)26-17-14-12-15-18-26/h12,14-15,17-18,21-25H,3-11,13,16,19-20H2,1-2H3. The number of hydrogen-bond donors (Lipinski definition) is 0. The molecule has 0 atom stereocenters. The quantitative estimate of drug-likeness (QED) is 0.191. The second-order valence-corrected chi connectivity index (χ2v) is 9.82. The molecule has 0 radical (unpaired) electrons. The SMILES string of the molecule is CCCCCCCCc1c(CCCCCCC)cc(-c2ccc(-c3ccccc3)cc2)c(F)c1F. The molecule has 0 amide bonds. The molecule has 35 heavy (non-hydrogen) atoms. The van der Waals surface area contributed by atoms with E-state index in [1.54, 1.807) is 0 Å². The van der Waals surface area contributed by atoms with Crippen LogP contribution in [0.1, 0.15) is 95.6 Å². The lowest BCUT2D eigenvalue weighted by Gasteiger charge is -2.16. The van der Waals surface area contributed by atoms with Gasteiger partial charge in [0.1, 0.15) is 0 Å². The normalized spacial score (nSPS) is 11.2. The summed E-state index contributed by atoms with van der Waals surface area (Å²) < 4.78 is 30.8. The fourth-order valence-electron chi connectivity index (χ4n) is 4.89. The van der Waals surface area contributed by atoms with E-state index in [1.807, 2.05) is 48.5 Å². The summed E-state index contributed by atoms with van der Waals surface area (Å²) in [4.78, 5) is 0. The average molecular weight is 477 g/mol. The molecule has 0 aliphatic rings. The van der Waals surface area contributed by atoms with Gasteiger partial charge in [-0.1, -0.05) is 126 Å². The van der Waals surface area contributed by atoms with E-state index >= 15 is 8.78 Å². The summed E-state index contributed by atoms with van der Waals surface area (Å²) in [5.74, 6) is -1.33. The molecule has 0 aromatic heterocycles. The molecule has 0 aliphatic heterocycles. The first kappa shape index (κ1) is 27.1. The number of unbranched alkanes of at least 4 members (excludes halogenated alkanes) is 9. The van der Waals surface area contributed by atoms with Crippen molar-refractivity contribution in [2.24, 2.45) is 0 Å². The largest absolute Gasteiger partial charge is 0.203 e. The zero-order chi connectivity index (χ0) is 24.9. The van der Waals surface area contributed by atoms with Gasteiger partial charge in [-0.3, -0.25) is 0 Å². The van der Waals surface area contributed by atoms with Crippen LogP contribution in [0.25, 0.3) is 22.3 Å². The van der Waals surface area contributed by atoms with E-state index in [-0.39, 0.29) is 0 Å². The molecule has 0 fully saturated rings. The minimum Gasteiger partial charge on any atom is -0.203 e. The summed E-state index contributed by atoms with van der Waals surface area (Å²) in [5.41, 5.74) is 4.92. The number of aryl methyl sites for hydroxylation is 1. The van der Waals surface area contributed by atoms with Crippen LogP contribution in [0.4, 0.5) is 8.78 Å². The van der Waals surface area contributed by atoms with Gasteiger partial charge in [0, 0.05) is 5.56 Å². The highest BCUT2D eigenvalue weighted by molar-refractivity contribution is 5.71. The van der Waals surface area contributed by atoms with Gasteiger partial charge in [-0.2, -0.15) is 0 Å². The second kappa shape index (κ2) is 14.8. The van der Waals surface area contributed by atoms with Gasteiger partial charge in [-0.15, -0.1) is 0 Å². The summed E-state index contributed by atoms with van der Waals surface area (Å²) in [6.45, 7) is 4.42. The van der Waals surface area contributed by atoms with E-state index in [0.717, 1.165) is 54.4 Å². The number of benzene rings is 3. The van der Waals surface area contributed by atoms with Crippen molar-refractivity contribution in [2.75, 3.05) is 0 Å². The fraction of sp³-hybridized carbons (Fsp3) is 0.455. The van der Waals surface area contributed by atoms with Gasteiger partial charge in [-0.25, -0.2) is 8.78 Å². The van der Waals surface area contributed by atoms with Crippen molar-refractivity contribution in [2.45, 2.75) is 97.3 Å². The maximum absolute atomic E-state index is 15.4. The molecule has 0 bridgehead atoms. The average Bonchev–Trinajstić information content (AvgIpc) is 2.90. The van der Waals surface area contributed by atoms with Crippen LogP contribution in [0.5, 0.6) is 0 Å². The highest BCUT2D eigenvalue weighted by Gasteiger charge is 2.19. The van der Waals surface area contributed by atoms with Crippen LogP contribution in [-0.2, 0) is 12.8 Å². The van der Waals surface area contributed by atoms with Crippen LogP contribution < -0.4 is 0 Å². The van der Waals surface area contributed by atoms with E-state index in [1.165, 1.54) is 44.9 Å². The lowest BCUT2D eigenvalue weighted by Crippen LogP contribution is -2.05. The predicted octanol–water partition coefficient (Wildman–Crippen LogP) is 10.7. The predicted molar refractivity (Wildman–Crippen MR) is 147 cm³/mol. The van der Waals surface area contributed by atoms with E-state index in [4.69, 9.17) is 0 Å². The van der Waals surface area contributed by atoms with Crippen LogP contribution in [0.3, 0.4) is 0 Å². The van der Waals surface area contributed by atoms with Crippen molar-refractivity contribution in [3.05, 3.63) is 83.4 Å². The van der Waals surface area contributed by atoms with Crippen molar-refractivity contribution in [1.82, 2.24) is 0 Å². The Kier molecular flexibility index (Phi) is 11.5. The Morgan fingerprint density at radius 3 is 1.66 bits per heavy atom. The van der Waals surface area contributed by atoms with Gasteiger partial charge < -0.3 is 0 Å². The summed E-state index contributed by atoms with van der Waals surface area (Å²) in [6, 6.07) is 19.9. The highest BCUT2D eigenvalue weighted by Crippen LogP contribution is 2.32. The van der Waals surface area contributed by atoms with Crippen LogP contribution in [0.2, 0.25) is 0 Å². The molecule has 0 heterocycles. The van der Waals surface area contributed by atoms with Crippen molar-refractivity contribution in [1.29, 1.82) is 0 Å². The Morgan fingerprint density at radius 2 is 1.03 bits per heavy atom. The maximum atomic E-state index is 15.4. The van der Waals surface area contributed by atoms with Crippen molar-refractivity contribution in [3.8, 4) is 22.3 Å². The van der Waals surface area contributed by atoms with E-state index in [0.29, 0.717) is 17.5 Å². The van der Waals surface area contributed by atoms with Crippen LogP contribution in [0, 0.1) is 11.6 Å². The Hall–Kier alpha value is -2.48. The molecular weight excluding hydrogens is 434 g/mol. The lowest BCUT2D eigenvalue weighted by molar-refractivity contribution is 0.493. The molecule has 0 spiro atoms. The molecule has 0 unspecified atom stereocenters. The summed E-state index contributed by atoms with van der Waals surface area (Å²) >= 11 is 0. The Bertz CT molecular complexity index is 1010. The third-order valence-corrected chi connectivity index (χ3v) is 7.03. The van der Waals surface area contributed by atoms with Crippen LogP contribution in [0.15, 0.2) is 60.7 Å². The molecule has 3 rings (SSSR count). The first-order valence-corrected chi connectivity index (χ1v) is 13.8. The minimum atomic E-state index is -0.701. The third kappa shape index (κ3) is 8.02.